The fourth-order valence-corrected chi connectivity index (χ4v) is 2.70. The first-order chi connectivity index (χ1) is 9.40. The Morgan fingerprint density at radius 1 is 1.40 bits per heavy atom. The number of alkyl halides is 2. The summed E-state index contributed by atoms with van der Waals surface area (Å²) in [6.07, 6.45) is -1.12. The first-order valence-electron chi connectivity index (χ1n) is 5.93. The normalized spacial score (nSPS) is 14.7. The van der Waals surface area contributed by atoms with Crippen molar-refractivity contribution in [3.8, 4) is 0 Å². The van der Waals surface area contributed by atoms with Crippen LogP contribution >= 0.6 is 0 Å². The van der Waals surface area contributed by atoms with E-state index in [-0.39, 0.29) is 11.7 Å². The lowest BCUT2D eigenvalue weighted by Crippen LogP contribution is -2.34. The maximum atomic E-state index is 12.8. The number of nitrogens with zero attached hydrogens (tertiary/aromatic N) is 5. The molecule has 0 bridgehead atoms. The summed E-state index contributed by atoms with van der Waals surface area (Å²) in [4.78, 5) is 1.79. The van der Waals surface area contributed by atoms with E-state index in [1.54, 1.807) is 30.3 Å². The number of fused-ring (bicyclic) bond motifs is 1. The molecular weight excluding hydrogens is 288 g/mol. The first kappa shape index (κ1) is 14.8. The van der Waals surface area contributed by atoms with Crippen LogP contribution in [-0.2, 0) is 10.8 Å². The Hall–Kier alpha value is -1.64. The van der Waals surface area contributed by atoms with E-state index in [9.17, 15) is 13.0 Å². The molecular formula is C11H15F2N5OS. The van der Waals surface area contributed by atoms with Crippen molar-refractivity contribution < 1.29 is 13.0 Å². The van der Waals surface area contributed by atoms with Gasteiger partial charge >= 0.3 is 0 Å². The van der Waals surface area contributed by atoms with Crippen molar-refractivity contribution >= 4 is 22.3 Å². The van der Waals surface area contributed by atoms with Gasteiger partial charge in [0.2, 0.25) is 5.82 Å². The zero-order chi connectivity index (χ0) is 14.9. The van der Waals surface area contributed by atoms with Crippen molar-refractivity contribution in [3.63, 3.8) is 0 Å². The molecule has 0 saturated heterocycles. The van der Waals surface area contributed by atoms with Gasteiger partial charge in [0.1, 0.15) is 5.82 Å². The first-order valence-corrected chi connectivity index (χ1v) is 7.66. The Bertz CT molecular complexity index is 632. The van der Waals surface area contributed by atoms with Gasteiger partial charge in [-0.1, -0.05) is 0 Å². The highest BCUT2D eigenvalue weighted by atomic mass is 32.2. The van der Waals surface area contributed by atoms with E-state index >= 15 is 0 Å². The monoisotopic (exact) mass is 303 g/mol. The summed E-state index contributed by atoms with van der Waals surface area (Å²) in [6.45, 7) is 1.90. The SMILES string of the molecule is C[C@@H](C[S@@](C)=O)N(C)c1ccc2nnc(C(F)F)n2n1. The third kappa shape index (κ3) is 2.92. The van der Waals surface area contributed by atoms with Gasteiger partial charge in [0, 0.05) is 35.9 Å². The van der Waals surface area contributed by atoms with E-state index in [0.29, 0.717) is 11.6 Å². The third-order valence-corrected chi connectivity index (χ3v) is 3.92. The molecule has 0 aliphatic heterocycles. The summed E-state index contributed by atoms with van der Waals surface area (Å²) < 4.78 is 37.8. The number of hydrogen-bond acceptors (Lipinski definition) is 5. The Labute approximate surface area is 117 Å². The maximum Gasteiger partial charge on any atom is 0.299 e. The van der Waals surface area contributed by atoms with Crippen LogP contribution in [0.5, 0.6) is 0 Å². The summed E-state index contributed by atoms with van der Waals surface area (Å²) in [7, 11) is 0.834. The van der Waals surface area contributed by atoms with E-state index in [1.807, 2.05) is 6.92 Å². The minimum absolute atomic E-state index is 0.0303. The molecule has 0 saturated carbocycles. The van der Waals surface area contributed by atoms with Gasteiger partial charge in [0.25, 0.3) is 6.43 Å². The summed E-state index contributed by atoms with van der Waals surface area (Å²) in [5.41, 5.74) is 0.268. The molecule has 2 aromatic heterocycles. The van der Waals surface area contributed by atoms with E-state index in [4.69, 9.17) is 0 Å². The zero-order valence-corrected chi connectivity index (χ0v) is 12.1. The van der Waals surface area contributed by atoms with Crippen LogP contribution in [0.15, 0.2) is 12.1 Å². The van der Waals surface area contributed by atoms with Gasteiger partial charge in [-0.05, 0) is 19.1 Å². The molecule has 2 atom stereocenters. The molecule has 0 aliphatic rings. The van der Waals surface area contributed by atoms with Gasteiger partial charge in [0.15, 0.2) is 5.65 Å². The lowest BCUT2D eigenvalue weighted by Gasteiger charge is -2.25. The fourth-order valence-electron chi connectivity index (χ4n) is 1.80. The number of aromatic nitrogens is 4. The summed E-state index contributed by atoms with van der Waals surface area (Å²) in [5.74, 6) is 0.485. The molecule has 9 heteroatoms. The Morgan fingerprint density at radius 2 is 2.10 bits per heavy atom. The average Bonchev–Trinajstić information content (AvgIpc) is 2.79. The number of anilines is 1. The largest absolute Gasteiger partial charge is 0.355 e. The molecule has 0 spiro atoms. The molecule has 2 aromatic rings. The zero-order valence-electron chi connectivity index (χ0n) is 11.3. The van der Waals surface area contributed by atoms with Crippen LogP contribution in [0.3, 0.4) is 0 Å². The molecule has 2 rings (SSSR count). The summed E-state index contributed by atoms with van der Waals surface area (Å²) in [5, 5.41) is 11.2. The van der Waals surface area contributed by atoms with Crippen LogP contribution < -0.4 is 4.90 Å². The molecule has 0 N–H and O–H groups in total. The molecule has 2 heterocycles. The second kappa shape index (κ2) is 5.78. The lowest BCUT2D eigenvalue weighted by molar-refractivity contribution is 0.137. The van der Waals surface area contributed by atoms with Crippen molar-refractivity contribution in [1.29, 1.82) is 0 Å². The van der Waals surface area contributed by atoms with Crippen LogP contribution in [0.2, 0.25) is 0 Å². The number of halogens is 2. The quantitative estimate of drug-likeness (QED) is 0.832. The minimum Gasteiger partial charge on any atom is -0.355 e. The highest BCUT2D eigenvalue weighted by molar-refractivity contribution is 7.84. The van der Waals surface area contributed by atoms with Crippen molar-refractivity contribution in [2.75, 3.05) is 24.0 Å². The van der Waals surface area contributed by atoms with Crippen molar-refractivity contribution in [2.24, 2.45) is 0 Å². The Morgan fingerprint density at radius 3 is 2.70 bits per heavy atom. The van der Waals surface area contributed by atoms with E-state index in [1.165, 1.54) is 0 Å². The van der Waals surface area contributed by atoms with Gasteiger partial charge in [0.05, 0.1) is 0 Å². The van der Waals surface area contributed by atoms with E-state index in [0.717, 1.165) is 4.52 Å². The molecule has 0 aromatic carbocycles. The summed E-state index contributed by atoms with van der Waals surface area (Å²) >= 11 is 0. The summed E-state index contributed by atoms with van der Waals surface area (Å²) in [6, 6.07) is 3.22. The molecule has 0 fully saturated rings. The number of hydrogen-bond donors (Lipinski definition) is 0. The molecule has 110 valence electrons. The highest BCUT2D eigenvalue weighted by Crippen LogP contribution is 2.19. The smallest absolute Gasteiger partial charge is 0.299 e. The highest BCUT2D eigenvalue weighted by Gasteiger charge is 2.19. The number of rotatable bonds is 5. The molecule has 20 heavy (non-hydrogen) atoms. The predicted molar refractivity (Wildman–Crippen MR) is 72.5 cm³/mol. The van der Waals surface area contributed by atoms with Gasteiger partial charge in [-0.2, -0.15) is 4.52 Å². The molecule has 6 nitrogen and oxygen atoms in total. The fraction of sp³-hybridized carbons (Fsp3) is 0.545. The second-order valence-corrected chi connectivity index (χ2v) is 6.00. The molecule has 0 radical (unpaired) electrons. The van der Waals surface area contributed by atoms with Crippen LogP contribution in [0.4, 0.5) is 14.6 Å². The molecule has 0 aliphatic carbocycles. The second-order valence-electron chi connectivity index (χ2n) is 4.52. The van der Waals surface area contributed by atoms with Crippen molar-refractivity contribution in [3.05, 3.63) is 18.0 Å². The Balaban J connectivity index is 2.35. The molecule has 0 unspecified atom stereocenters. The Kier molecular flexibility index (Phi) is 4.26. The standard InChI is InChI=1S/C11H15F2N5OS/c1-7(6-20(3)19)17(2)9-5-4-8-14-15-11(10(12)13)18(8)16-9/h4-5,7,10H,6H2,1-3H3/t7-,20+/m0/s1. The minimum atomic E-state index is -2.74. The predicted octanol–water partition coefficient (Wildman–Crippen LogP) is 1.27. The van der Waals surface area contributed by atoms with E-state index in [2.05, 4.69) is 15.3 Å². The van der Waals surface area contributed by atoms with E-state index < -0.39 is 23.0 Å². The van der Waals surface area contributed by atoms with Crippen LogP contribution in [0.1, 0.15) is 19.2 Å². The molecule has 0 amide bonds. The van der Waals surface area contributed by atoms with Crippen LogP contribution in [0.25, 0.3) is 5.65 Å². The van der Waals surface area contributed by atoms with Crippen molar-refractivity contribution in [1.82, 2.24) is 19.8 Å². The van der Waals surface area contributed by atoms with Gasteiger partial charge < -0.3 is 4.90 Å². The average molecular weight is 303 g/mol. The van der Waals surface area contributed by atoms with Crippen molar-refractivity contribution in [2.45, 2.75) is 19.4 Å². The van der Waals surface area contributed by atoms with Gasteiger partial charge in [-0.15, -0.1) is 15.3 Å². The van der Waals surface area contributed by atoms with Crippen LogP contribution in [-0.4, -0.2) is 49.1 Å². The van der Waals surface area contributed by atoms with Gasteiger partial charge in [-0.3, -0.25) is 4.21 Å². The third-order valence-electron chi connectivity index (χ3n) is 2.97. The van der Waals surface area contributed by atoms with Gasteiger partial charge in [-0.25, -0.2) is 8.78 Å². The lowest BCUT2D eigenvalue weighted by atomic mass is 10.3. The van der Waals surface area contributed by atoms with Crippen LogP contribution in [0, 0.1) is 0 Å². The maximum absolute atomic E-state index is 12.8. The topological polar surface area (TPSA) is 63.4 Å².